The maximum Gasteiger partial charge on any atom is 0.0582 e. The summed E-state index contributed by atoms with van der Waals surface area (Å²) in [7, 11) is 0. The van der Waals surface area contributed by atoms with Crippen LogP contribution in [0.1, 0.15) is 12.6 Å². The van der Waals surface area contributed by atoms with Gasteiger partial charge in [-0.3, -0.25) is 4.98 Å². The third-order valence-corrected chi connectivity index (χ3v) is 1.63. The fourth-order valence-corrected chi connectivity index (χ4v) is 0.846. The molecule has 0 aliphatic heterocycles. The van der Waals surface area contributed by atoms with Crippen LogP contribution in [0.2, 0.25) is 0 Å². The van der Waals surface area contributed by atoms with E-state index in [1.165, 1.54) is 0 Å². The lowest BCUT2D eigenvalue weighted by Crippen LogP contribution is -2.28. The van der Waals surface area contributed by atoms with E-state index < -0.39 is 0 Å². The minimum absolute atomic E-state index is 0.131. The lowest BCUT2D eigenvalue weighted by Gasteiger charge is -2.09. The van der Waals surface area contributed by atoms with Crippen molar-refractivity contribution >= 4 is 0 Å². The molecule has 0 unspecified atom stereocenters. The van der Waals surface area contributed by atoms with E-state index in [1.807, 2.05) is 25.1 Å². The van der Waals surface area contributed by atoms with Gasteiger partial charge in [0.25, 0.3) is 0 Å². The summed E-state index contributed by atoms with van der Waals surface area (Å²) in [5.74, 6) is 0. The highest BCUT2D eigenvalue weighted by atomic mass is 16.3. The standard InChI is InChI=1S/C9H14N2O/c1-8(7-12)11-6-9-4-2-3-5-10-9/h2-5,8,11-12H,6-7H2,1H3/t8-/m0/s1. The Labute approximate surface area is 72.5 Å². The third kappa shape index (κ3) is 2.98. The van der Waals surface area contributed by atoms with Gasteiger partial charge in [-0.2, -0.15) is 0 Å². The maximum absolute atomic E-state index is 8.73. The van der Waals surface area contributed by atoms with Gasteiger partial charge in [-0.15, -0.1) is 0 Å². The number of nitrogens with one attached hydrogen (secondary N) is 1. The van der Waals surface area contributed by atoms with Crippen molar-refractivity contribution in [1.29, 1.82) is 0 Å². The molecule has 0 saturated carbocycles. The summed E-state index contributed by atoms with van der Waals surface area (Å²) in [4.78, 5) is 4.14. The fourth-order valence-electron chi connectivity index (χ4n) is 0.846. The Hall–Kier alpha value is -0.930. The molecular weight excluding hydrogens is 152 g/mol. The van der Waals surface area contributed by atoms with Crippen molar-refractivity contribution in [2.24, 2.45) is 0 Å². The molecule has 1 aromatic heterocycles. The summed E-state index contributed by atoms with van der Waals surface area (Å²) in [6.07, 6.45) is 1.76. The van der Waals surface area contributed by atoms with Crippen LogP contribution in [-0.2, 0) is 6.54 Å². The molecule has 1 aromatic rings. The van der Waals surface area contributed by atoms with Crippen molar-refractivity contribution in [3.63, 3.8) is 0 Å². The molecule has 1 heterocycles. The van der Waals surface area contributed by atoms with Crippen molar-refractivity contribution in [2.45, 2.75) is 19.5 Å². The molecule has 0 aliphatic carbocycles. The zero-order valence-corrected chi connectivity index (χ0v) is 7.20. The Morgan fingerprint density at radius 2 is 2.42 bits per heavy atom. The predicted octanol–water partition coefficient (Wildman–Crippen LogP) is 0.552. The molecule has 0 aliphatic rings. The average Bonchev–Trinajstić information content (AvgIpc) is 2.16. The molecule has 0 radical (unpaired) electrons. The van der Waals surface area contributed by atoms with E-state index in [0.717, 1.165) is 5.69 Å². The van der Waals surface area contributed by atoms with E-state index in [0.29, 0.717) is 6.54 Å². The van der Waals surface area contributed by atoms with E-state index in [2.05, 4.69) is 10.3 Å². The van der Waals surface area contributed by atoms with Gasteiger partial charge in [0.1, 0.15) is 0 Å². The lowest BCUT2D eigenvalue weighted by molar-refractivity contribution is 0.250. The number of hydrogen-bond donors (Lipinski definition) is 2. The molecule has 0 amide bonds. The van der Waals surface area contributed by atoms with Crippen LogP contribution in [0.3, 0.4) is 0 Å². The highest BCUT2D eigenvalue weighted by molar-refractivity contribution is 5.02. The van der Waals surface area contributed by atoms with Gasteiger partial charge in [-0.25, -0.2) is 0 Å². The molecule has 3 heteroatoms. The lowest BCUT2D eigenvalue weighted by atomic mass is 10.3. The van der Waals surface area contributed by atoms with Crippen LogP contribution in [0.15, 0.2) is 24.4 Å². The first-order chi connectivity index (χ1) is 5.83. The van der Waals surface area contributed by atoms with Crippen LogP contribution >= 0.6 is 0 Å². The first kappa shape index (κ1) is 9.16. The Kier molecular flexibility index (Phi) is 3.70. The first-order valence-electron chi connectivity index (χ1n) is 4.07. The van der Waals surface area contributed by atoms with Gasteiger partial charge in [0, 0.05) is 18.8 Å². The van der Waals surface area contributed by atoms with E-state index in [-0.39, 0.29) is 12.6 Å². The number of aliphatic hydroxyl groups is 1. The first-order valence-corrected chi connectivity index (χ1v) is 4.07. The molecule has 12 heavy (non-hydrogen) atoms. The van der Waals surface area contributed by atoms with E-state index in [4.69, 9.17) is 5.11 Å². The number of pyridine rings is 1. The van der Waals surface area contributed by atoms with Gasteiger partial charge >= 0.3 is 0 Å². The second-order valence-electron chi connectivity index (χ2n) is 2.79. The summed E-state index contributed by atoms with van der Waals surface area (Å²) in [5, 5.41) is 11.9. The van der Waals surface area contributed by atoms with E-state index >= 15 is 0 Å². The van der Waals surface area contributed by atoms with E-state index in [1.54, 1.807) is 6.20 Å². The molecule has 66 valence electrons. The highest BCUT2D eigenvalue weighted by Gasteiger charge is 1.98. The van der Waals surface area contributed by atoms with Crippen LogP contribution in [0.25, 0.3) is 0 Å². The molecule has 0 spiro atoms. The summed E-state index contributed by atoms with van der Waals surface area (Å²) in [5.41, 5.74) is 0.998. The summed E-state index contributed by atoms with van der Waals surface area (Å²) in [6.45, 7) is 2.80. The van der Waals surface area contributed by atoms with Crippen LogP contribution in [0.5, 0.6) is 0 Å². The quantitative estimate of drug-likeness (QED) is 0.686. The van der Waals surface area contributed by atoms with Crippen LogP contribution < -0.4 is 5.32 Å². The van der Waals surface area contributed by atoms with Gasteiger partial charge in [-0.05, 0) is 19.1 Å². The molecule has 0 saturated heterocycles. The molecule has 0 aromatic carbocycles. The van der Waals surface area contributed by atoms with Crippen LogP contribution in [0, 0.1) is 0 Å². The van der Waals surface area contributed by atoms with Crippen molar-refractivity contribution in [3.8, 4) is 0 Å². The summed E-state index contributed by atoms with van der Waals surface area (Å²) in [6, 6.07) is 5.93. The zero-order chi connectivity index (χ0) is 8.81. The minimum Gasteiger partial charge on any atom is -0.395 e. The second kappa shape index (κ2) is 4.85. The van der Waals surface area contributed by atoms with Gasteiger partial charge in [0.15, 0.2) is 0 Å². The number of hydrogen-bond acceptors (Lipinski definition) is 3. The van der Waals surface area contributed by atoms with Gasteiger partial charge < -0.3 is 10.4 Å². The fraction of sp³-hybridized carbons (Fsp3) is 0.444. The van der Waals surface area contributed by atoms with Crippen molar-refractivity contribution < 1.29 is 5.11 Å². The minimum atomic E-state index is 0.131. The van der Waals surface area contributed by atoms with Gasteiger partial charge in [0.2, 0.25) is 0 Å². The average molecular weight is 166 g/mol. The molecule has 1 rings (SSSR count). The van der Waals surface area contributed by atoms with Crippen LogP contribution in [-0.4, -0.2) is 22.7 Å². The van der Waals surface area contributed by atoms with Crippen molar-refractivity contribution in [1.82, 2.24) is 10.3 Å². The highest BCUT2D eigenvalue weighted by Crippen LogP contribution is 1.92. The maximum atomic E-state index is 8.73. The largest absolute Gasteiger partial charge is 0.395 e. The monoisotopic (exact) mass is 166 g/mol. The molecule has 3 nitrogen and oxygen atoms in total. The molecule has 2 N–H and O–H groups in total. The second-order valence-corrected chi connectivity index (χ2v) is 2.79. The van der Waals surface area contributed by atoms with E-state index in [9.17, 15) is 0 Å². The Morgan fingerprint density at radius 3 is 3.00 bits per heavy atom. The number of aromatic nitrogens is 1. The zero-order valence-electron chi connectivity index (χ0n) is 7.20. The normalized spacial score (nSPS) is 12.8. The molecule has 1 atom stereocenters. The summed E-state index contributed by atoms with van der Waals surface area (Å²) >= 11 is 0. The molecule has 0 fully saturated rings. The smallest absolute Gasteiger partial charge is 0.0582 e. The third-order valence-electron chi connectivity index (χ3n) is 1.63. The number of aliphatic hydroxyl groups excluding tert-OH is 1. The predicted molar refractivity (Wildman–Crippen MR) is 47.6 cm³/mol. The Morgan fingerprint density at radius 1 is 1.58 bits per heavy atom. The van der Waals surface area contributed by atoms with Crippen molar-refractivity contribution in [2.75, 3.05) is 6.61 Å². The SMILES string of the molecule is C[C@@H](CO)NCc1ccccn1. The molecular formula is C9H14N2O. The Bertz CT molecular complexity index is 213. The number of rotatable bonds is 4. The van der Waals surface area contributed by atoms with Gasteiger partial charge in [-0.1, -0.05) is 6.07 Å². The van der Waals surface area contributed by atoms with Crippen molar-refractivity contribution in [3.05, 3.63) is 30.1 Å². The topological polar surface area (TPSA) is 45.1 Å². The summed E-state index contributed by atoms with van der Waals surface area (Å²) < 4.78 is 0. The van der Waals surface area contributed by atoms with Crippen LogP contribution in [0.4, 0.5) is 0 Å². The Balaban J connectivity index is 2.33. The molecule has 0 bridgehead atoms. The van der Waals surface area contributed by atoms with Gasteiger partial charge in [0.05, 0.1) is 12.3 Å². The number of nitrogens with zero attached hydrogens (tertiary/aromatic N) is 1.